The minimum absolute atomic E-state index is 0.0865. The van der Waals surface area contributed by atoms with Gasteiger partial charge in [0.05, 0.1) is 0 Å². The molecular formula is C16H23BrO2. The zero-order valence-corrected chi connectivity index (χ0v) is 14.0. The van der Waals surface area contributed by atoms with Gasteiger partial charge in [0, 0.05) is 18.4 Å². The van der Waals surface area contributed by atoms with Gasteiger partial charge in [-0.2, -0.15) is 0 Å². The quantitative estimate of drug-likeness (QED) is 0.774. The van der Waals surface area contributed by atoms with Crippen molar-refractivity contribution in [1.29, 1.82) is 0 Å². The molecule has 0 amide bonds. The van der Waals surface area contributed by atoms with Crippen LogP contribution in [-0.4, -0.2) is 24.1 Å². The Balaban J connectivity index is 2.22. The lowest BCUT2D eigenvalue weighted by atomic mass is 9.85. The van der Waals surface area contributed by atoms with E-state index in [1.807, 2.05) is 0 Å². The van der Waals surface area contributed by atoms with Gasteiger partial charge in [-0.3, -0.25) is 0 Å². The molecule has 1 saturated carbocycles. The van der Waals surface area contributed by atoms with E-state index < -0.39 is 0 Å². The molecule has 3 unspecified atom stereocenters. The van der Waals surface area contributed by atoms with Gasteiger partial charge in [0.1, 0.15) is 18.0 Å². The van der Waals surface area contributed by atoms with E-state index in [4.69, 9.17) is 9.47 Å². The summed E-state index contributed by atoms with van der Waals surface area (Å²) in [4.78, 5) is 0.408. The summed E-state index contributed by atoms with van der Waals surface area (Å²) in [5, 5.41) is 0. The smallest absolute Gasteiger partial charge is 0.127 e. The van der Waals surface area contributed by atoms with Crippen molar-refractivity contribution in [3.05, 3.63) is 29.3 Å². The van der Waals surface area contributed by atoms with Crippen LogP contribution in [-0.2, 0) is 10.2 Å². The van der Waals surface area contributed by atoms with Gasteiger partial charge in [-0.1, -0.05) is 48.8 Å². The van der Waals surface area contributed by atoms with Gasteiger partial charge in [0.25, 0.3) is 0 Å². The summed E-state index contributed by atoms with van der Waals surface area (Å²) >= 11 is 3.61. The Bertz CT molecular complexity index is 451. The molecule has 1 aromatic carbocycles. The monoisotopic (exact) mass is 326 g/mol. The number of halogens is 1. The van der Waals surface area contributed by atoms with E-state index in [0.717, 1.165) is 12.2 Å². The zero-order valence-electron chi connectivity index (χ0n) is 12.4. The van der Waals surface area contributed by atoms with Crippen LogP contribution in [0, 0.1) is 6.92 Å². The van der Waals surface area contributed by atoms with Crippen LogP contribution in [0.15, 0.2) is 18.2 Å². The van der Waals surface area contributed by atoms with Crippen LogP contribution in [0.3, 0.4) is 0 Å². The summed E-state index contributed by atoms with van der Waals surface area (Å²) in [7, 11) is 1.75. The van der Waals surface area contributed by atoms with Crippen molar-refractivity contribution < 1.29 is 9.47 Å². The Kier molecular flexibility index (Phi) is 4.26. The van der Waals surface area contributed by atoms with Crippen LogP contribution in [0.2, 0.25) is 0 Å². The molecule has 0 bridgehead atoms. The first kappa shape index (κ1) is 14.9. The maximum Gasteiger partial charge on any atom is 0.127 e. The SMILES string of the molecule is COC1C(Br)CC1Oc1cc(C)ccc1C(C)(C)C. The summed E-state index contributed by atoms with van der Waals surface area (Å²) in [6, 6.07) is 6.46. The van der Waals surface area contributed by atoms with E-state index in [1.54, 1.807) is 7.11 Å². The summed E-state index contributed by atoms with van der Waals surface area (Å²) < 4.78 is 11.7. The molecule has 0 radical (unpaired) electrons. The average molecular weight is 327 g/mol. The highest BCUT2D eigenvalue weighted by molar-refractivity contribution is 9.09. The maximum atomic E-state index is 6.21. The molecule has 3 heteroatoms. The molecule has 2 rings (SSSR count). The molecule has 0 heterocycles. The highest BCUT2D eigenvalue weighted by Crippen LogP contribution is 2.38. The van der Waals surface area contributed by atoms with Crippen molar-refractivity contribution in [2.45, 2.75) is 56.6 Å². The van der Waals surface area contributed by atoms with Crippen LogP contribution >= 0.6 is 15.9 Å². The minimum atomic E-state index is 0.0865. The zero-order chi connectivity index (χ0) is 14.2. The van der Waals surface area contributed by atoms with Crippen molar-refractivity contribution in [2.24, 2.45) is 0 Å². The van der Waals surface area contributed by atoms with Crippen LogP contribution in [0.25, 0.3) is 0 Å². The molecule has 0 spiro atoms. The fourth-order valence-electron chi connectivity index (χ4n) is 2.45. The van der Waals surface area contributed by atoms with Crippen molar-refractivity contribution >= 4 is 15.9 Å². The third-order valence-corrected chi connectivity index (χ3v) is 4.57. The van der Waals surface area contributed by atoms with Crippen molar-refractivity contribution in [1.82, 2.24) is 0 Å². The van der Waals surface area contributed by atoms with E-state index in [1.165, 1.54) is 11.1 Å². The number of aryl methyl sites for hydroxylation is 1. The van der Waals surface area contributed by atoms with Crippen molar-refractivity contribution in [2.75, 3.05) is 7.11 Å². The van der Waals surface area contributed by atoms with Gasteiger partial charge in [0.15, 0.2) is 0 Å². The van der Waals surface area contributed by atoms with Crippen molar-refractivity contribution in [3.8, 4) is 5.75 Å². The Labute approximate surface area is 124 Å². The van der Waals surface area contributed by atoms with Gasteiger partial charge >= 0.3 is 0 Å². The second-order valence-electron chi connectivity index (χ2n) is 6.36. The topological polar surface area (TPSA) is 18.5 Å². The average Bonchev–Trinajstić information content (AvgIpc) is 2.27. The highest BCUT2D eigenvalue weighted by atomic mass is 79.9. The molecule has 2 nitrogen and oxygen atoms in total. The largest absolute Gasteiger partial charge is 0.487 e. The Hall–Kier alpha value is -0.540. The minimum Gasteiger partial charge on any atom is -0.487 e. The van der Waals surface area contributed by atoms with Crippen molar-refractivity contribution in [3.63, 3.8) is 0 Å². The summed E-state index contributed by atoms with van der Waals surface area (Å²) in [5.41, 5.74) is 2.57. The standard InChI is InChI=1S/C16H23BrO2/c1-10-6-7-11(16(2,3)4)13(8-10)19-14-9-12(17)15(14)18-5/h6-8,12,14-15H,9H2,1-5H3. The predicted octanol–water partition coefficient (Wildman–Crippen LogP) is 4.22. The van der Waals surface area contributed by atoms with E-state index in [0.29, 0.717) is 4.83 Å². The number of hydrogen-bond donors (Lipinski definition) is 0. The van der Waals surface area contributed by atoms with E-state index in [9.17, 15) is 0 Å². The molecule has 1 aromatic rings. The van der Waals surface area contributed by atoms with E-state index in [2.05, 4.69) is 61.8 Å². The third-order valence-electron chi connectivity index (χ3n) is 3.68. The number of hydrogen-bond acceptors (Lipinski definition) is 2. The maximum absolute atomic E-state index is 6.21. The first-order chi connectivity index (χ1) is 8.82. The van der Waals surface area contributed by atoms with Crippen LogP contribution < -0.4 is 4.74 Å². The summed E-state index contributed by atoms with van der Waals surface area (Å²) in [6.45, 7) is 8.74. The van der Waals surface area contributed by atoms with Gasteiger partial charge < -0.3 is 9.47 Å². The lowest BCUT2D eigenvalue weighted by Gasteiger charge is -2.41. The molecule has 1 fully saturated rings. The molecule has 106 valence electrons. The van der Waals surface area contributed by atoms with Gasteiger partial charge in [-0.15, -0.1) is 0 Å². The molecule has 0 aromatic heterocycles. The number of ether oxygens (including phenoxy) is 2. The summed E-state index contributed by atoms with van der Waals surface area (Å²) in [5.74, 6) is 0.999. The molecule has 1 aliphatic rings. The molecule has 19 heavy (non-hydrogen) atoms. The number of alkyl halides is 1. The second kappa shape index (κ2) is 5.45. The van der Waals surface area contributed by atoms with E-state index >= 15 is 0 Å². The number of rotatable bonds is 3. The van der Waals surface area contributed by atoms with Crippen LogP contribution in [0.4, 0.5) is 0 Å². The fraction of sp³-hybridized carbons (Fsp3) is 0.625. The number of benzene rings is 1. The molecule has 0 saturated heterocycles. The van der Waals surface area contributed by atoms with Crippen LogP contribution in [0.5, 0.6) is 5.75 Å². The first-order valence-electron chi connectivity index (χ1n) is 6.77. The van der Waals surface area contributed by atoms with Crippen LogP contribution in [0.1, 0.15) is 38.3 Å². The Morgan fingerprint density at radius 2 is 1.95 bits per heavy atom. The van der Waals surface area contributed by atoms with Gasteiger partial charge in [-0.05, 0) is 29.5 Å². The normalized spacial score (nSPS) is 26.9. The number of methoxy groups -OCH3 is 1. The lowest BCUT2D eigenvalue weighted by Crippen LogP contribution is -2.52. The fourth-order valence-corrected chi connectivity index (χ4v) is 3.38. The molecule has 1 aliphatic carbocycles. The third kappa shape index (κ3) is 3.14. The predicted molar refractivity (Wildman–Crippen MR) is 82.4 cm³/mol. The lowest BCUT2D eigenvalue weighted by molar-refractivity contribution is -0.0551. The first-order valence-corrected chi connectivity index (χ1v) is 7.69. The Morgan fingerprint density at radius 1 is 1.26 bits per heavy atom. The van der Waals surface area contributed by atoms with Gasteiger partial charge in [0.2, 0.25) is 0 Å². The molecule has 0 N–H and O–H groups in total. The Morgan fingerprint density at radius 3 is 2.47 bits per heavy atom. The van der Waals surface area contributed by atoms with Gasteiger partial charge in [-0.25, -0.2) is 0 Å². The highest BCUT2D eigenvalue weighted by Gasteiger charge is 2.42. The summed E-state index contributed by atoms with van der Waals surface area (Å²) in [6.07, 6.45) is 1.29. The molecule has 0 aliphatic heterocycles. The van der Waals surface area contributed by atoms with E-state index in [-0.39, 0.29) is 17.6 Å². The second-order valence-corrected chi connectivity index (χ2v) is 7.53. The molecule has 3 atom stereocenters. The molecular weight excluding hydrogens is 304 g/mol.